The van der Waals surface area contributed by atoms with Gasteiger partial charge in [0, 0.05) is 6.92 Å². The third-order valence-electron chi connectivity index (χ3n) is 2.15. The van der Waals surface area contributed by atoms with Crippen LogP contribution in [-0.4, -0.2) is 15.5 Å². The summed E-state index contributed by atoms with van der Waals surface area (Å²) in [5, 5.41) is 0. The topological polar surface area (TPSA) is 60.9 Å². The van der Waals surface area contributed by atoms with Gasteiger partial charge < -0.3 is 5.73 Å². The Bertz CT molecular complexity index is 513. The van der Waals surface area contributed by atoms with E-state index in [4.69, 9.17) is 5.73 Å². The standard InChI is InChI=1S/C10H11N3O/c1-6-3-4-8-9(5-6)13(7(2)14)10(11)12-8/h3-5H,1-2H3,(H2,11,12). The highest BCUT2D eigenvalue weighted by Crippen LogP contribution is 2.18. The number of anilines is 1. The number of aromatic nitrogens is 2. The maximum atomic E-state index is 11.3. The van der Waals surface area contributed by atoms with Gasteiger partial charge in [0.1, 0.15) is 0 Å². The number of nitrogen functional groups attached to an aromatic ring is 1. The van der Waals surface area contributed by atoms with Gasteiger partial charge in [-0.15, -0.1) is 0 Å². The molecule has 0 spiro atoms. The van der Waals surface area contributed by atoms with Crippen LogP contribution in [0.1, 0.15) is 17.3 Å². The van der Waals surface area contributed by atoms with Gasteiger partial charge in [-0.05, 0) is 24.6 Å². The lowest BCUT2D eigenvalue weighted by Crippen LogP contribution is -2.09. The molecule has 1 aromatic heterocycles. The molecule has 0 atom stereocenters. The molecule has 0 bridgehead atoms. The third kappa shape index (κ3) is 1.16. The Labute approximate surface area is 81.3 Å². The van der Waals surface area contributed by atoms with E-state index in [0.29, 0.717) is 0 Å². The molecule has 0 fully saturated rings. The van der Waals surface area contributed by atoms with E-state index in [1.54, 1.807) is 0 Å². The summed E-state index contributed by atoms with van der Waals surface area (Å²) in [6.07, 6.45) is 0. The first-order valence-corrected chi connectivity index (χ1v) is 4.35. The first kappa shape index (κ1) is 8.74. The largest absolute Gasteiger partial charge is 0.369 e. The Balaban J connectivity index is 2.86. The second-order valence-corrected chi connectivity index (χ2v) is 3.32. The number of hydrogen-bond donors (Lipinski definition) is 1. The molecular weight excluding hydrogens is 178 g/mol. The van der Waals surface area contributed by atoms with Crippen LogP contribution in [0.4, 0.5) is 5.95 Å². The van der Waals surface area contributed by atoms with Crippen molar-refractivity contribution in [3.05, 3.63) is 23.8 Å². The molecule has 1 heterocycles. The Hall–Kier alpha value is -1.84. The summed E-state index contributed by atoms with van der Waals surface area (Å²) >= 11 is 0. The van der Waals surface area contributed by atoms with E-state index < -0.39 is 0 Å². The third-order valence-corrected chi connectivity index (χ3v) is 2.15. The number of rotatable bonds is 0. The molecule has 4 nitrogen and oxygen atoms in total. The van der Waals surface area contributed by atoms with Crippen molar-refractivity contribution in [1.29, 1.82) is 0 Å². The van der Waals surface area contributed by atoms with Gasteiger partial charge in [0.05, 0.1) is 11.0 Å². The second kappa shape index (κ2) is 2.83. The summed E-state index contributed by atoms with van der Waals surface area (Å²) in [5.41, 5.74) is 8.24. The van der Waals surface area contributed by atoms with Gasteiger partial charge in [0.2, 0.25) is 11.9 Å². The zero-order valence-corrected chi connectivity index (χ0v) is 8.11. The number of carbonyl (C=O) groups excluding carboxylic acids is 1. The van der Waals surface area contributed by atoms with Crippen molar-refractivity contribution in [2.75, 3.05) is 5.73 Å². The van der Waals surface area contributed by atoms with Crippen molar-refractivity contribution in [3.8, 4) is 0 Å². The van der Waals surface area contributed by atoms with Gasteiger partial charge >= 0.3 is 0 Å². The summed E-state index contributed by atoms with van der Waals surface area (Å²) in [6.45, 7) is 3.44. The van der Waals surface area contributed by atoms with Gasteiger partial charge in [-0.2, -0.15) is 0 Å². The minimum absolute atomic E-state index is 0.115. The number of imidazole rings is 1. The fraction of sp³-hybridized carbons (Fsp3) is 0.200. The van der Waals surface area contributed by atoms with E-state index in [-0.39, 0.29) is 11.9 Å². The highest BCUT2D eigenvalue weighted by atomic mass is 16.1. The smallest absolute Gasteiger partial charge is 0.230 e. The average Bonchev–Trinajstić information content (AvgIpc) is 2.40. The van der Waals surface area contributed by atoms with Crippen molar-refractivity contribution < 1.29 is 4.79 Å². The molecule has 72 valence electrons. The van der Waals surface area contributed by atoms with Crippen molar-refractivity contribution >= 4 is 22.9 Å². The van der Waals surface area contributed by atoms with Crippen LogP contribution < -0.4 is 5.73 Å². The number of nitrogens with zero attached hydrogens (tertiary/aromatic N) is 2. The van der Waals surface area contributed by atoms with Crippen LogP contribution in [-0.2, 0) is 0 Å². The van der Waals surface area contributed by atoms with Crippen LogP contribution in [0.3, 0.4) is 0 Å². The van der Waals surface area contributed by atoms with Crippen LogP contribution >= 0.6 is 0 Å². The number of aryl methyl sites for hydroxylation is 1. The Kier molecular flexibility index (Phi) is 1.77. The number of carbonyl (C=O) groups is 1. The van der Waals surface area contributed by atoms with Crippen LogP contribution in [0.15, 0.2) is 18.2 Å². The van der Waals surface area contributed by atoms with E-state index in [9.17, 15) is 4.79 Å². The van der Waals surface area contributed by atoms with Crippen LogP contribution in [0.5, 0.6) is 0 Å². The van der Waals surface area contributed by atoms with Crippen molar-refractivity contribution in [3.63, 3.8) is 0 Å². The molecule has 0 aliphatic heterocycles. The first-order chi connectivity index (χ1) is 6.59. The molecule has 0 unspecified atom stereocenters. The maximum Gasteiger partial charge on any atom is 0.230 e. The lowest BCUT2D eigenvalue weighted by molar-refractivity contribution is 0.0943. The first-order valence-electron chi connectivity index (χ1n) is 4.35. The second-order valence-electron chi connectivity index (χ2n) is 3.32. The zero-order valence-electron chi connectivity index (χ0n) is 8.11. The van der Waals surface area contributed by atoms with E-state index in [1.807, 2.05) is 25.1 Å². The average molecular weight is 189 g/mol. The summed E-state index contributed by atoms with van der Waals surface area (Å²) in [4.78, 5) is 15.4. The van der Waals surface area contributed by atoms with Crippen molar-refractivity contribution in [1.82, 2.24) is 9.55 Å². The van der Waals surface area contributed by atoms with Gasteiger partial charge in [-0.25, -0.2) is 9.55 Å². The summed E-state index contributed by atoms with van der Waals surface area (Å²) in [6, 6.07) is 5.71. The molecule has 0 saturated carbocycles. The fourth-order valence-electron chi connectivity index (χ4n) is 1.53. The maximum absolute atomic E-state index is 11.3. The van der Waals surface area contributed by atoms with Gasteiger partial charge in [0.15, 0.2) is 0 Å². The van der Waals surface area contributed by atoms with E-state index in [2.05, 4.69) is 4.98 Å². The van der Waals surface area contributed by atoms with Crippen LogP contribution in [0.25, 0.3) is 11.0 Å². The lowest BCUT2D eigenvalue weighted by Gasteiger charge is -1.99. The Morgan fingerprint density at radius 1 is 1.50 bits per heavy atom. The van der Waals surface area contributed by atoms with Crippen molar-refractivity contribution in [2.45, 2.75) is 13.8 Å². The molecule has 1 aromatic carbocycles. The van der Waals surface area contributed by atoms with Gasteiger partial charge in [-0.3, -0.25) is 4.79 Å². The lowest BCUT2D eigenvalue weighted by atomic mass is 10.2. The molecule has 0 aliphatic carbocycles. The SMILES string of the molecule is CC(=O)n1c(N)nc2ccc(C)cc21. The number of hydrogen-bond acceptors (Lipinski definition) is 3. The molecule has 2 rings (SSSR count). The minimum Gasteiger partial charge on any atom is -0.369 e. The molecule has 0 saturated heterocycles. The van der Waals surface area contributed by atoms with Crippen LogP contribution in [0.2, 0.25) is 0 Å². The van der Waals surface area contributed by atoms with E-state index in [0.717, 1.165) is 16.6 Å². The number of nitrogens with two attached hydrogens (primary N) is 1. The highest BCUT2D eigenvalue weighted by Gasteiger charge is 2.10. The molecule has 14 heavy (non-hydrogen) atoms. The van der Waals surface area contributed by atoms with E-state index >= 15 is 0 Å². The molecule has 2 aromatic rings. The molecule has 2 N–H and O–H groups in total. The van der Waals surface area contributed by atoms with Crippen LogP contribution in [0, 0.1) is 6.92 Å². The molecular formula is C10H11N3O. The number of benzene rings is 1. The molecule has 4 heteroatoms. The fourth-order valence-corrected chi connectivity index (χ4v) is 1.53. The van der Waals surface area contributed by atoms with Crippen molar-refractivity contribution in [2.24, 2.45) is 0 Å². The molecule has 0 aliphatic rings. The number of fused-ring (bicyclic) bond motifs is 1. The monoisotopic (exact) mass is 189 g/mol. The molecule has 0 radical (unpaired) electrons. The molecule has 0 amide bonds. The quantitative estimate of drug-likeness (QED) is 0.684. The predicted octanol–water partition coefficient (Wildman–Crippen LogP) is 1.59. The summed E-state index contributed by atoms with van der Waals surface area (Å²) in [5.74, 6) is 0.133. The van der Waals surface area contributed by atoms with Gasteiger partial charge in [0.25, 0.3) is 0 Å². The van der Waals surface area contributed by atoms with E-state index in [1.165, 1.54) is 11.5 Å². The van der Waals surface area contributed by atoms with Gasteiger partial charge in [-0.1, -0.05) is 6.07 Å². The minimum atomic E-state index is -0.115. The highest BCUT2D eigenvalue weighted by molar-refractivity contribution is 5.92. The summed E-state index contributed by atoms with van der Waals surface area (Å²) < 4.78 is 1.42. The predicted molar refractivity (Wildman–Crippen MR) is 55.2 cm³/mol. The Morgan fingerprint density at radius 2 is 2.21 bits per heavy atom. The normalized spacial score (nSPS) is 10.7. The zero-order chi connectivity index (χ0) is 10.3. The Morgan fingerprint density at radius 3 is 2.86 bits per heavy atom. The summed E-state index contributed by atoms with van der Waals surface area (Å²) in [7, 11) is 0.